The van der Waals surface area contributed by atoms with Crippen molar-refractivity contribution in [1.82, 2.24) is 4.90 Å². The molecule has 0 aromatic rings. The van der Waals surface area contributed by atoms with Crippen LogP contribution >= 0.6 is 0 Å². The lowest BCUT2D eigenvalue weighted by atomic mass is 10.00. The lowest BCUT2D eigenvalue weighted by Gasteiger charge is -2.40. The Morgan fingerprint density at radius 3 is 2.58 bits per heavy atom. The van der Waals surface area contributed by atoms with Crippen molar-refractivity contribution in [3.05, 3.63) is 0 Å². The third-order valence-corrected chi connectivity index (χ3v) is 2.52. The predicted molar refractivity (Wildman–Crippen MR) is 49.6 cm³/mol. The molecule has 1 heterocycles. The van der Waals surface area contributed by atoms with Crippen molar-refractivity contribution in [3.63, 3.8) is 0 Å². The van der Waals surface area contributed by atoms with Crippen LogP contribution in [0.2, 0.25) is 0 Å². The van der Waals surface area contributed by atoms with Crippen molar-refractivity contribution in [2.45, 2.75) is 45.3 Å². The summed E-state index contributed by atoms with van der Waals surface area (Å²) < 4.78 is 0. The van der Waals surface area contributed by atoms with E-state index >= 15 is 0 Å². The molecular weight excluding hydrogens is 152 g/mol. The minimum Gasteiger partial charge on any atom is -0.300 e. The largest absolute Gasteiger partial charge is 0.300 e. The van der Waals surface area contributed by atoms with Crippen LogP contribution in [0.5, 0.6) is 0 Å². The number of nitrogens with two attached hydrogens (primary N) is 1. The molecular formula is C9H20N2O. The monoisotopic (exact) mass is 172 g/mol. The van der Waals surface area contributed by atoms with E-state index in [4.69, 9.17) is 10.7 Å². The zero-order chi connectivity index (χ0) is 9.19. The van der Waals surface area contributed by atoms with Crippen molar-refractivity contribution in [1.29, 1.82) is 0 Å². The first-order valence-electron chi connectivity index (χ1n) is 4.64. The Balaban J connectivity index is 2.46. The van der Waals surface area contributed by atoms with Crippen LogP contribution < -0.4 is 5.90 Å². The van der Waals surface area contributed by atoms with E-state index in [-0.39, 0.29) is 11.6 Å². The van der Waals surface area contributed by atoms with E-state index in [1.54, 1.807) is 0 Å². The summed E-state index contributed by atoms with van der Waals surface area (Å²) in [7, 11) is 0. The van der Waals surface area contributed by atoms with Crippen LogP contribution in [0.15, 0.2) is 0 Å². The van der Waals surface area contributed by atoms with Crippen LogP contribution in [0.3, 0.4) is 0 Å². The number of rotatable bonds is 1. The predicted octanol–water partition coefficient (Wildman–Crippen LogP) is 1.14. The smallest absolute Gasteiger partial charge is 0.0914 e. The van der Waals surface area contributed by atoms with Gasteiger partial charge in [-0.05, 0) is 40.2 Å². The van der Waals surface area contributed by atoms with E-state index in [1.807, 2.05) is 0 Å². The molecule has 0 aromatic heterocycles. The SMILES string of the molecule is CC(C)(C)N1CCCC(ON)C1. The fourth-order valence-corrected chi connectivity index (χ4v) is 1.66. The van der Waals surface area contributed by atoms with Crippen molar-refractivity contribution in [2.75, 3.05) is 13.1 Å². The Hall–Kier alpha value is -0.120. The van der Waals surface area contributed by atoms with Crippen LogP contribution in [-0.4, -0.2) is 29.6 Å². The van der Waals surface area contributed by atoms with Crippen LogP contribution in [0, 0.1) is 0 Å². The van der Waals surface area contributed by atoms with Gasteiger partial charge in [-0.15, -0.1) is 0 Å². The summed E-state index contributed by atoms with van der Waals surface area (Å²) in [5.74, 6) is 5.18. The summed E-state index contributed by atoms with van der Waals surface area (Å²) in [5, 5.41) is 0. The van der Waals surface area contributed by atoms with Crippen LogP contribution in [-0.2, 0) is 4.84 Å². The van der Waals surface area contributed by atoms with Crippen LogP contribution in [0.1, 0.15) is 33.6 Å². The van der Waals surface area contributed by atoms with Gasteiger partial charge in [0.2, 0.25) is 0 Å². The third-order valence-electron chi connectivity index (χ3n) is 2.52. The van der Waals surface area contributed by atoms with Crippen molar-refractivity contribution in [2.24, 2.45) is 5.90 Å². The topological polar surface area (TPSA) is 38.5 Å². The Kier molecular flexibility index (Phi) is 3.09. The van der Waals surface area contributed by atoms with Gasteiger partial charge in [0.1, 0.15) is 0 Å². The molecule has 1 atom stereocenters. The zero-order valence-corrected chi connectivity index (χ0v) is 8.34. The highest BCUT2D eigenvalue weighted by molar-refractivity contribution is 4.82. The third kappa shape index (κ3) is 2.44. The fourth-order valence-electron chi connectivity index (χ4n) is 1.66. The lowest BCUT2D eigenvalue weighted by molar-refractivity contribution is -0.0272. The van der Waals surface area contributed by atoms with Gasteiger partial charge in [0.05, 0.1) is 6.10 Å². The van der Waals surface area contributed by atoms with Gasteiger partial charge in [0.25, 0.3) is 0 Å². The van der Waals surface area contributed by atoms with Gasteiger partial charge in [-0.3, -0.25) is 9.74 Å². The van der Waals surface area contributed by atoms with Gasteiger partial charge in [-0.25, -0.2) is 5.90 Å². The second-order valence-corrected chi connectivity index (χ2v) is 4.52. The highest BCUT2D eigenvalue weighted by Crippen LogP contribution is 2.20. The number of likely N-dealkylation sites (tertiary alicyclic amines) is 1. The number of hydrogen-bond donors (Lipinski definition) is 1. The highest BCUT2D eigenvalue weighted by atomic mass is 16.6. The molecule has 72 valence electrons. The average Bonchev–Trinajstić information content (AvgIpc) is 2.03. The van der Waals surface area contributed by atoms with Crippen LogP contribution in [0.25, 0.3) is 0 Å². The Bertz CT molecular complexity index is 142. The van der Waals surface area contributed by atoms with E-state index < -0.39 is 0 Å². The molecule has 0 radical (unpaired) electrons. The molecule has 0 spiro atoms. The molecule has 12 heavy (non-hydrogen) atoms. The van der Waals surface area contributed by atoms with Crippen molar-refractivity contribution < 1.29 is 4.84 Å². The molecule has 1 rings (SSSR count). The standard InChI is InChI=1S/C9H20N2O/c1-9(2,3)11-6-4-5-8(7-11)12-10/h8H,4-7,10H2,1-3H3. The normalized spacial score (nSPS) is 27.5. The molecule has 0 aliphatic carbocycles. The summed E-state index contributed by atoms with van der Waals surface area (Å²) in [5.41, 5.74) is 0.247. The fraction of sp³-hybridized carbons (Fsp3) is 1.00. The number of piperidine rings is 1. The molecule has 0 amide bonds. The molecule has 1 unspecified atom stereocenters. The van der Waals surface area contributed by atoms with Crippen molar-refractivity contribution in [3.8, 4) is 0 Å². The first-order chi connectivity index (χ1) is 5.54. The van der Waals surface area contributed by atoms with E-state index in [9.17, 15) is 0 Å². The van der Waals surface area contributed by atoms with Gasteiger partial charge >= 0.3 is 0 Å². The second-order valence-electron chi connectivity index (χ2n) is 4.52. The van der Waals surface area contributed by atoms with Crippen molar-refractivity contribution >= 4 is 0 Å². The molecule has 1 fully saturated rings. The quantitative estimate of drug-likeness (QED) is 0.603. The summed E-state index contributed by atoms with van der Waals surface area (Å²) in [6.07, 6.45) is 2.53. The molecule has 0 aromatic carbocycles. The second kappa shape index (κ2) is 3.73. The Morgan fingerprint density at radius 2 is 2.08 bits per heavy atom. The van der Waals surface area contributed by atoms with Gasteiger partial charge in [-0.2, -0.15) is 0 Å². The maximum Gasteiger partial charge on any atom is 0.0914 e. The zero-order valence-electron chi connectivity index (χ0n) is 8.34. The van der Waals surface area contributed by atoms with E-state index in [0.29, 0.717) is 0 Å². The van der Waals surface area contributed by atoms with Gasteiger partial charge in [0.15, 0.2) is 0 Å². The molecule has 1 aliphatic rings. The summed E-state index contributed by atoms with van der Waals surface area (Å²) >= 11 is 0. The summed E-state index contributed by atoms with van der Waals surface area (Å²) in [4.78, 5) is 7.30. The maximum atomic E-state index is 5.18. The number of hydrogen-bond acceptors (Lipinski definition) is 3. The van der Waals surface area contributed by atoms with Gasteiger partial charge in [0, 0.05) is 12.1 Å². The lowest BCUT2D eigenvalue weighted by Crippen LogP contribution is -2.50. The molecule has 3 nitrogen and oxygen atoms in total. The van der Waals surface area contributed by atoms with E-state index in [2.05, 4.69) is 25.7 Å². The average molecular weight is 172 g/mol. The molecule has 2 N–H and O–H groups in total. The first kappa shape index (κ1) is 9.96. The van der Waals surface area contributed by atoms with E-state index in [1.165, 1.54) is 13.0 Å². The minimum atomic E-state index is 0.234. The summed E-state index contributed by atoms with van der Waals surface area (Å²) in [6, 6.07) is 0. The molecule has 1 saturated heterocycles. The highest BCUT2D eigenvalue weighted by Gasteiger charge is 2.27. The van der Waals surface area contributed by atoms with Crippen LogP contribution in [0.4, 0.5) is 0 Å². The maximum absolute atomic E-state index is 5.18. The van der Waals surface area contributed by atoms with Gasteiger partial charge in [-0.1, -0.05) is 0 Å². The summed E-state index contributed by atoms with van der Waals surface area (Å²) in [6.45, 7) is 8.83. The minimum absolute atomic E-state index is 0.234. The Morgan fingerprint density at radius 1 is 1.42 bits per heavy atom. The van der Waals surface area contributed by atoms with E-state index in [0.717, 1.165) is 13.0 Å². The van der Waals surface area contributed by atoms with Gasteiger partial charge < -0.3 is 0 Å². The first-order valence-corrected chi connectivity index (χ1v) is 4.64. The molecule has 1 aliphatic heterocycles. The molecule has 3 heteroatoms. The number of nitrogens with zero attached hydrogens (tertiary/aromatic N) is 1. The Labute approximate surface area is 74.8 Å². The molecule has 0 bridgehead atoms. The molecule has 0 saturated carbocycles.